The van der Waals surface area contributed by atoms with Crippen molar-refractivity contribution in [3.05, 3.63) is 28.7 Å². The van der Waals surface area contributed by atoms with Gasteiger partial charge in [0.05, 0.1) is 17.7 Å². The van der Waals surface area contributed by atoms with Gasteiger partial charge < -0.3 is 5.32 Å². The summed E-state index contributed by atoms with van der Waals surface area (Å²) in [5, 5.41) is 2.76. The Hall–Kier alpha value is -1.20. The molecule has 94 valence electrons. The quantitative estimate of drug-likeness (QED) is 0.743. The maximum atomic E-state index is 11.4. The smallest absolute Gasteiger partial charge is 0.234 e. The Bertz CT molecular complexity index is 376. The number of likely N-dealkylation sites (N-methyl/N-ethyl adjacent to an activating group) is 1. The molecule has 0 aliphatic heterocycles. The number of nitrogens with one attached hydrogen (secondary N) is 1. The summed E-state index contributed by atoms with van der Waals surface area (Å²) in [6, 6.07) is 0. The highest BCUT2D eigenvalue weighted by Crippen LogP contribution is 2.12. The van der Waals surface area contributed by atoms with Gasteiger partial charge in [0.25, 0.3) is 0 Å². The molecule has 1 aromatic rings. The van der Waals surface area contributed by atoms with E-state index in [2.05, 4.69) is 16.9 Å². The van der Waals surface area contributed by atoms with E-state index >= 15 is 0 Å². The third kappa shape index (κ3) is 5.10. The second kappa shape index (κ2) is 7.19. The number of thiazole rings is 1. The third-order valence-corrected chi connectivity index (χ3v) is 3.42. The van der Waals surface area contributed by atoms with Crippen molar-refractivity contribution in [1.82, 2.24) is 15.2 Å². The van der Waals surface area contributed by atoms with Crippen LogP contribution in [0, 0.1) is 6.92 Å². The van der Waals surface area contributed by atoms with Crippen LogP contribution < -0.4 is 5.32 Å². The van der Waals surface area contributed by atoms with Crippen LogP contribution in [0.2, 0.25) is 0 Å². The first-order chi connectivity index (χ1) is 8.13. The molecule has 1 N–H and O–H groups in total. The summed E-state index contributed by atoms with van der Waals surface area (Å²) >= 11 is 1.67. The fraction of sp³-hybridized carbons (Fsp3) is 0.500. The maximum Gasteiger partial charge on any atom is 0.234 e. The number of amides is 1. The van der Waals surface area contributed by atoms with Gasteiger partial charge in [-0.3, -0.25) is 9.69 Å². The highest BCUT2D eigenvalue weighted by Gasteiger charge is 2.07. The molecule has 0 fully saturated rings. The second-order valence-corrected chi connectivity index (χ2v) is 4.88. The number of rotatable bonds is 7. The summed E-state index contributed by atoms with van der Waals surface area (Å²) in [6.07, 6.45) is 2.63. The molecule has 0 aromatic carbocycles. The molecule has 5 heteroatoms. The molecule has 0 aliphatic carbocycles. The zero-order valence-corrected chi connectivity index (χ0v) is 11.2. The van der Waals surface area contributed by atoms with Crippen molar-refractivity contribution in [3.8, 4) is 0 Å². The van der Waals surface area contributed by atoms with Crippen LogP contribution in [0.25, 0.3) is 0 Å². The molecule has 0 unspecified atom stereocenters. The zero-order chi connectivity index (χ0) is 12.7. The Morgan fingerprint density at radius 2 is 2.47 bits per heavy atom. The lowest BCUT2D eigenvalue weighted by Crippen LogP contribution is -2.36. The Balaban J connectivity index is 2.25. The minimum absolute atomic E-state index is 0.0356. The first-order valence-electron chi connectivity index (χ1n) is 5.58. The van der Waals surface area contributed by atoms with Gasteiger partial charge >= 0.3 is 0 Å². The molecule has 1 rings (SSSR count). The second-order valence-electron chi connectivity index (χ2n) is 3.94. The van der Waals surface area contributed by atoms with Gasteiger partial charge in [0.2, 0.25) is 5.91 Å². The van der Waals surface area contributed by atoms with Gasteiger partial charge in [-0.05, 0) is 20.4 Å². The molecule has 1 aromatic heterocycles. The van der Waals surface area contributed by atoms with Crippen LogP contribution in [0.5, 0.6) is 0 Å². The van der Waals surface area contributed by atoms with E-state index in [0.717, 1.165) is 18.7 Å². The summed E-state index contributed by atoms with van der Waals surface area (Å²) in [5.74, 6) is 0.0356. The minimum Gasteiger partial charge on any atom is -0.352 e. The highest BCUT2D eigenvalue weighted by atomic mass is 32.1. The number of aryl methyl sites for hydroxylation is 1. The van der Waals surface area contributed by atoms with Crippen LogP contribution >= 0.6 is 11.3 Å². The molecule has 0 saturated heterocycles. The Labute approximate surface area is 106 Å². The van der Waals surface area contributed by atoms with Gasteiger partial charge in [0, 0.05) is 18.0 Å². The molecule has 17 heavy (non-hydrogen) atoms. The number of aromatic nitrogens is 1. The molecule has 0 bridgehead atoms. The number of carbonyl (C=O) groups excluding carboxylic acids is 1. The molecule has 0 saturated carbocycles. The normalized spacial score (nSPS) is 10.5. The van der Waals surface area contributed by atoms with Gasteiger partial charge in [-0.15, -0.1) is 17.9 Å². The van der Waals surface area contributed by atoms with Crippen molar-refractivity contribution in [2.45, 2.75) is 13.3 Å². The van der Waals surface area contributed by atoms with E-state index < -0.39 is 0 Å². The van der Waals surface area contributed by atoms with Crippen LogP contribution in [0.4, 0.5) is 0 Å². The Morgan fingerprint density at radius 3 is 3.06 bits per heavy atom. The Kier molecular flexibility index (Phi) is 5.86. The first kappa shape index (κ1) is 13.9. The molecular formula is C12H19N3OS. The van der Waals surface area contributed by atoms with E-state index in [4.69, 9.17) is 0 Å². The van der Waals surface area contributed by atoms with Crippen LogP contribution in [-0.4, -0.2) is 42.5 Å². The fourth-order valence-electron chi connectivity index (χ4n) is 1.42. The van der Waals surface area contributed by atoms with E-state index in [1.54, 1.807) is 17.4 Å². The summed E-state index contributed by atoms with van der Waals surface area (Å²) in [6.45, 7) is 7.39. The van der Waals surface area contributed by atoms with Crippen molar-refractivity contribution >= 4 is 17.2 Å². The molecule has 1 heterocycles. The lowest BCUT2D eigenvalue weighted by molar-refractivity contribution is -0.121. The largest absolute Gasteiger partial charge is 0.352 e. The summed E-state index contributed by atoms with van der Waals surface area (Å²) in [5.41, 5.74) is 2.96. The van der Waals surface area contributed by atoms with E-state index in [1.807, 2.05) is 24.4 Å². The lowest BCUT2D eigenvalue weighted by atomic mass is 10.3. The van der Waals surface area contributed by atoms with Crippen LogP contribution in [0.15, 0.2) is 18.2 Å². The molecule has 0 radical (unpaired) electrons. The SMILES string of the molecule is C=CCNC(=O)CN(C)CCc1scnc1C. The molecule has 0 atom stereocenters. The average Bonchev–Trinajstić information content (AvgIpc) is 2.69. The highest BCUT2D eigenvalue weighted by molar-refractivity contribution is 7.09. The van der Waals surface area contributed by atoms with Gasteiger partial charge in [-0.25, -0.2) is 4.98 Å². The Morgan fingerprint density at radius 1 is 1.71 bits per heavy atom. The third-order valence-electron chi connectivity index (χ3n) is 2.42. The number of nitrogens with zero attached hydrogens (tertiary/aromatic N) is 2. The standard InChI is InChI=1S/C12H19N3OS/c1-4-6-13-12(16)8-15(3)7-5-11-10(2)14-9-17-11/h4,9H,1,5-8H2,2-3H3,(H,13,16). The molecule has 1 amide bonds. The van der Waals surface area contributed by atoms with Crippen molar-refractivity contribution in [3.63, 3.8) is 0 Å². The van der Waals surface area contributed by atoms with E-state index in [-0.39, 0.29) is 5.91 Å². The number of hydrogen-bond acceptors (Lipinski definition) is 4. The predicted molar refractivity (Wildman–Crippen MR) is 71.3 cm³/mol. The predicted octanol–water partition coefficient (Wildman–Crippen LogP) is 1.23. The molecule has 0 aliphatic rings. The van der Waals surface area contributed by atoms with Crippen molar-refractivity contribution in [2.24, 2.45) is 0 Å². The van der Waals surface area contributed by atoms with Crippen molar-refractivity contribution < 1.29 is 4.79 Å². The zero-order valence-electron chi connectivity index (χ0n) is 10.4. The number of hydrogen-bond donors (Lipinski definition) is 1. The minimum atomic E-state index is 0.0356. The van der Waals surface area contributed by atoms with Crippen LogP contribution in [0.3, 0.4) is 0 Å². The first-order valence-corrected chi connectivity index (χ1v) is 6.46. The number of carbonyl (C=O) groups is 1. The summed E-state index contributed by atoms with van der Waals surface area (Å²) < 4.78 is 0. The average molecular weight is 253 g/mol. The van der Waals surface area contributed by atoms with Crippen LogP contribution in [-0.2, 0) is 11.2 Å². The van der Waals surface area contributed by atoms with Crippen molar-refractivity contribution in [2.75, 3.05) is 26.7 Å². The van der Waals surface area contributed by atoms with E-state index in [0.29, 0.717) is 13.1 Å². The summed E-state index contributed by atoms with van der Waals surface area (Å²) in [4.78, 5) is 18.9. The van der Waals surface area contributed by atoms with Gasteiger partial charge in [0.1, 0.15) is 0 Å². The van der Waals surface area contributed by atoms with E-state index in [9.17, 15) is 4.79 Å². The van der Waals surface area contributed by atoms with Crippen LogP contribution in [0.1, 0.15) is 10.6 Å². The van der Waals surface area contributed by atoms with Crippen molar-refractivity contribution in [1.29, 1.82) is 0 Å². The summed E-state index contributed by atoms with van der Waals surface area (Å²) in [7, 11) is 1.95. The van der Waals surface area contributed by atoms with Gasteiger partial charge in [0.15, 0.2) is 0 Å². The monoisotopic (exact) mass is 253 g/mol. The molecular weight excluding hydrogens is 234 g/mol. The topological polar surface area (TPSA) is 45.2 Å². The van der Waals surface area contributed by atoms with E-state index in [1.165, 1.54) is 4.88 Å². The molecule has 0 spiro atoms. The lowest BCUT2D eigenvalue weighted by Gasteiger charge is -2.15. The molecule has 4 nitrogen and oxygen atoms in total. The van der Waals surface area contributed by atoms with Gasteiger partial charge in [-0.2, -0.15) is 0 Å². The fourth-order valence-corrected chi connectivity index (χ4v) is 2.20. The van der Waals surface area contributed by atoms with Gasteiger partial charge in [-0.1, -0.05) is 6.08 Å². The maximum absolute atomic E-state index is 11.4.